The van der Waals surface area contributed by atoms with Crippen molar-refractivity contribution >= 4 is 23.0 Å². The number of nitrogens with zero attached hydrogens (tertiary/aromatic N) is 1. The lowest BCUT2D eigenvalue weighted by Gasteiger charge is -2.00. The van der Waals surface area contributed by atoms with Gasteiger partial charge >= 0.3 is 0 Å². The number of hydrogen-bond acceptors (Lipinski definition) is 2. The highest BCUT2D eigenvalue weighted by molar-refractivity contribution is 5.99. The van der Waals surface area contributed by atoms with Crippen molar-refractivity contribution in [1.29, 1.82) is 0 Å². The molecule has 2 rings (SSSR count). The molecule has 0 unspecified atom stereocenters. The zero-order chi connectivity index (χ0) is 12.3. The van der Waals surface area contributed by atoms with Gasteiger partial charge in [-0.05, 0) is 6.07 Å². The van der Waals surface area contributed by atoms with E-state index in [9.17, 15) is 4.79 Å². The van der Waals surface area contributed by atoms with E-state index in [2.05, 4.69) is 15.5 Å². The minimum absolute atomic E-state index is 0.0601. The van der Waals surface area contributed by atoms with Gasteiger partial charge in [0.25, 0.3) is 0 Å². The average Bonchev–Trinajstić information content (AvgIpc) is 2.72. The van der Waals surface area contributed by atoms with Crippen LogP contribution in [0.5, 0.6) is 0 Å². The van der Waals surface area contributed by atoms with Crippen LogP contribution in [0.15, 0.2) is 35.6 Å². The van der Waals surface area contributed by atoms with Crippen LogP contribution in [-0.2, 0) is 4.79 Å². The molecule has 0 spiro atoms. The second-order valence-electron chi connectivity index (χ2n) is 4.18. The van der Waals surface area contributed by atoms with Crippen molar-refractivity contribution in [1.82, 2.24) is 10.4 Å². The number of fused-ring (bicyclic) bond motifs is 1. The van der Waals surface area contributed by atoms with Gasteiger partial charge < -0.3 is 4.98 Å². The SMILES string of the molecule is CC(C)C(=O)N/N=C/c1c[nH]c2ccccc12. The number of hydrogen-bond donors (Lipinski definition) is 2. The molecule has 1 amide bonds. The number of amides is 1. The van der Waals surface area contributed by atoms with E-state index in [0.29, 0.717) is 0 Å². The standard InChI is InChI=1S/C13H15N3O/c1-9(2)13(17)16-15-8-10-7-14-12-6-4-3-5-11(10)12/h3-9,14H,1-2H3,(H,16,17)/b15-8+. The summed E-state index contributed by atoms with van der Waals surface area (Å²) in [5, 5.41) is 5.03. The third-order valence-electron chi connectivity index (χ3n) is 2.52. The quantitative estimate of drug-likeness (QED) is 0.615. The number of aromatic nitrogens is 1. The van der Waals surface area contributed by atoms with E-state index < -0.39 is 0 Å². The maximum Gasteiger partial charge on any atom is 0.242 e. The van der Waals surface area contributed by atoms with Crippen LogP contribution in [0.1, 0.15) is 19.4 Å². The Labute approximate surface area is 99.7 Å². The Bertz CT molecular complexity index is 555. The molecule has 4 nitrogen and oxygen atoms in total. The second-order valence-corrected chi connectivity index (χ2v) is 4.18. The zero-order valence-corrected chi connectivity index (χ0v) is 9.90. The molecule has 1 heterocycles. The van der Waals surface area contributed by atoms with E-state index in [1.165, 1.54) is 0 Å². The van der Waals surface area contributed by atoms with E-state index in [1.807, 2.05) is 44.3 Å². The number of H-pyrrole nitrogens is 1. The number of carbonyl (C=O) groups is 1. The van der Waals surface area contributed by atoms with E-state index in [4.69, 9.17) is 0 Å². The van der Waals surface area contributed by atoms with Crippen LogP contribution in [0, 0.1) is 5.92 Å². The van der Waals surface area contributed by atoms with Gasteiger partial charge in [-0.15, -0.1) is 0 Å². The van der Waals surface area contributed by atoms with Crippen molar-refractivity contribution < 1.29 is 4.79 Å². The number of hydrazone groups is 1. The van der Waals surface area contributed by atoms with Gasteiger partial charge in [0.05, 0.1) is 6.21 Å². The molecule has 0 radical (unpaired) electrons. The Morgan fingerprint density at radius 2 is 2.18 bits per heavy atom. The summed E-state index contributed by atoms with van der Waals surface area (Å²) >= 11 is 0. The summed E-state index contributed by atoms with van der Waals surface area (Å²) in [4.78, 5) is 14.4. The summed E-state index contributed by atoms with van der Waals surface area (Å²) in [6.45, 7) is 3.66. The Morgan fingerprint density at radius 1 is 1.41 bits per heavy atom. The van der Waals surface area contributed by atoms with Crippen molar-refractivity contribution in [3.63, 3.8) is 0 Å². The molecule has 0 aliphatic rings. The number of carbonyl (C=O) groups excluding carboxylic acids is 1. The van der Waals surface area contributed by atoms with Gasteiger partial charge in [0.15, 0.2) is 0 Å². The van der Waals surface area contributed by atoms with E-state index in [-0.39, 0.29) is 11.8 Å². The fourth-order valence-corrected chi connectivity index (χ4v) is 1.50. The first-order valence-electron chi connectivity index (χ1n) is 5.57. The lowest BCUT2D eigenvalue weighted by molar-refractivity contribution is -0.123. The van der Waals surface area contributed by atoms with Crippen molar-refractivity contribution in [2.45, 2.75) is 13.8 Å². The minimum atomic E-state index is -0.0823. The van der Waals surface area contributed by atoms with Gasteiger partial charge in [0, 0.05) is 28.6 Å². The maximum atomic E-state index is 11.3. The zero-order valence-electron chi connectivity index (χ0n) is 9.90. The first-order valence-corrected chi connectivity index (χ1v) is 5.57. The highest BCUT2D eigenvalue weighted by atomic mass is 16.2. The molecule has 0 atom stereocenters. The van der Waals surface area contributed by atoms with Crippen molar-refractivity contribution in [3.05, 3.63) is 36.0 Å². The molecule has 0 bridgehead atoms. The largest absolute Gasteiger partial charge is 0.361 e. The molecule has 0 saturated heterocycles. The minimum Gasteiger partial charge on any atom is -0.361 e. The molecule has 88 valence electrons. The van der Waals surface area contributed by atoms with Gasteiger partial charge in [0.1, 0.15) is 0 Å². The van der Waals surface area contributed by atoms with E-state index >= 15 is 0 Å². The summed E-state index contributed by atoms with van der Waals surface area (Å²) in [7, 11) is 0. The molecular formula is C13H15N3O. The molecule has 0 aliphatic heterocycles. The Hall–Kier alpha value is -2.10. The van der Waals surface area contributed by atoms with E-state index in [1.54, 1.807) is 6.21 Å². The van der Waals surface area contributed by atoms with Gasteiger partial charge in [0.2, 0.25) is 5.91 Å². The average molecular weight is 229 g/mol. The topological polar surface area (TPSA) is 57.2 Å². The van der Waals surface area contributed by atoms with Crippen LogP contribution < -0.4 is 5.43 Å². The number of benzene rings is 1. The highest BCUT2D eigenvalue weighted by Crippen LogP contribution is 2.15. The Balaban J connectivity index is 2.13. The smallest absolute Gasteiger partial charge is 0.242 e. The molecule has 2 aromatic rings. The molecule has 1 aromatic carbocycles. The van der Waals surface area contributed by atoms with E-state index in [0.717, 1.165) is 16.5 Å². The predicted molar refractivity (Wildman–Crippen MR) is 68.9 cm³/mol. The molecule has 2 N–H and O–H groups in total. The van der Waals surface area contributed by atoms with Gasteiger partial charge in [-0.1, -0.05) is 32.0 Å². The fraction of sp³-hybridized carbons (Fsp3) is 0.231. The first kappa shape index (κ1) is 11.4. The van der Waals surface area contributed by atoms with Gasteiger partial charge in [-0.3, -0.25) is 4.79 Å². The molecule has 4 heteroatoms. The second kappa shape index (κ2) is 4.82. The van der Waals surface area contributed by atoms with Crippen LogP contribution in [0.4, 0.5) is 0 Å². The number of nitrogens with one attached hydrogen (secondary N) is 2. The summed E-state index contributed by atoms with van der Waals surface area (Å²) in [6, 6.07) is 7.96. The molecule has 0 saturated carbocycles. The predicted octanol–water partition coefficient (Wildman–Crippen LogP) is 2.27. The van der Waals surface area contributed by atoms with Gasteiger partial charge in [-0.2, -0.15) is 5.10 Å². The monoisotopic (exact) mass is 229 g/mol. The first-order chi connectivity index (χ1) is 8.18. The van der Waals surface area contributed by atoms with Crippen molar-refractivity contribution in [2.24, 2.45) is 11.0 Å². The van der Waals surface area contributed by atoms with Crippen LogP contribution in [0.2, 0.25) is 0 Å². The van der Waals surface area contributed by atoms with Crippen LogP contribution in [0.3, 0.4) is 0 Å². The fourth-order valence-electron chi connectivity index (χ4n) is 1.50. The van der Waals surface area contributed by atoms with Gasteiger partial charge in [-0.25, -0.2) is 5.43 Å². The molecule has 1 aromatic heterocycles. The lowest BCUT2D eigenvalue weighted by atomic mass is 10.2. The van der Waals surface area contributed by atoms with Crippen LogP contribution in [-0.4, -0.2) is 17.1 Å². The van der Waals surface area contributed by atoms with Crippen LogP contribution >= 0.6 is 0 Å². The molecule has 17 heavy (non-hydrogen) atoms. The summed E-state index contributed by atoms with van der Waals surface area (Å²) in [5.41, 5.74) is 4.52. The highest BCUT2D eigenvalue weighted by Gasteiger charge is 2.04. The molecule has 0 aliphatic carbocycles. The summed E-state index contributed by atoms with van der Waals surface area (Å²) in [5.74, 6) is -0.142. The number of rotatable bonds is 3. The summed E-state index contributed by atoms with van der Waals surface area (Å²) < 4.78 is 0. The normalized spacial score (nSPS) is 11.5. The Kier molecular flexibility index (Phi) is 3.23. The van der Waals surface area contributed by atoms with Crippen molar-refractivity contribution in [2.75, 3.05) is 0 Å². The van der Waals surface area contributed by atoms with Crippen LogP contribution in [0.25, 0.3) is 10.9 Å². The number of aromatic amines is 1. The number of para-hydroxylation sites is 1. The third-order valence-corrected chi connectivity index (χ3v) is 2.52. The summed E-state index contributed by atoms with van der Waals surface area (Å²) in [6.07, 6.45) is 3.52. The third kappa shape index (κ3) is 2.53. The molecule has 0 fully saturated rings. The lowest BCUT2D eigenvalue weighted by Crippen LogP contribution is -2.22. The maximum absolute atomic E-state index is 11.3. The molecular weight excluding hydrogens is 214 g/mol. The van der Waals surface area contributed by atoms with Crippen molar-refractivity contribution in [3.8, 4) is 0 Å². The Morgan fingerprint density at radius 3 is 2.94 bits per heavy atom.